The maximum atomic E-state index is 4.41. The van der Waals surface area contributed by atoms with Crippen molar-refractivity contribution in [1.82, 2.24) is 0 Å². The molecule has 0 saturated heterocycles. The number of rotatable bonds is 13. The summed E-state index contributed by atoms with van der Waals surface area (Å²) in [5, 5.41) is -1.55. The molecule has 2 heteroatoms. The van der Waals surface area contributed by atoms with Crippen molar-refractivity contribution in [3.63, 3.8) is 0 Å². The SMILES string of the molecule is CCCCCP(Br)(CC)(CCCCC)CCCCC. The third-order valence-corrected chi connectivity index (χ3v) is 15.3. The molecule has 0 aromatic rings. The van der Waals surface area contributed by atoms with Gasteiger partial charge < -0.3 is 0 Å². The number of halogens is 1. The molecule has 0 rings (SSSR count). The van der Waals surface area contributed by atoms with E-state index in [1.807, 2.05) is 0 Å². The molecule has 0 aliphatic heterocycles. The molecule has 0 amide bonds. The molecule has 0 nitrogen and oxygen atoms in total. The van der Waals surface area contributed by atoms with Gasteiger partial charge in [-0.25, -0.2) is 0 Å². The zero-order valence-corrected chi connectivity index (χ0v) is 16.5. The summed E-state index contributed by atoms with van der Waals surface area (Å²) < 4.78 is 0. The average molecular weight is 353 g/mol. The van der Waals surface area contributed by atoms with E-state index < -0.39 is 5.31 Å². The molecule has 0 aliphatic carbocycles. The second kappa shape index (κ2) is 10.6. The molecule has 0 aliphatic rings. The molecular formula is C17H38BrP. The fourth-order valence-corrected chi connectivity index (χ4v) is 10.00. The summed E-state index contributed by atoms with van der Waals surface area (Å²) in [7, 11) is 0. The van der Waals surface area contributed by atoms with E-state index in [2.05, 4.69) is 43.2 Å². The van der Waals surface area contributed by atoms with Crippen molar-refractivity contribution in [2.24, 2.45) is 0 Å². The normalized spacial score (nSPS) is 14.3. The molecule has 0 radical (unpaired) electrons. The second-order valence-electron chi connectivity index (χ2n) is 6.43. The Morgan fingerprint density at radius 3 is 1.11 bits per heavy atom. The fraction of sp³-hybridized carbons (Fsp3) is 1.00. The Hall–Kier alpha value is 0.910. The van der Waals surface area contributed by atoms with Crippen molar-refractivity contribution in [3.8, 4) is 0 Å². The zero-order valence-electron chi connectivity index (χ0n) is 14.0. The van der Waals surface area contributed by atoms with E-state index in [0.717, 1.165) is 0 Å². The van der Waals surface area contributed by atoms with E-state index in [9.17, 15) is 0 Å². The van der Waals surface area contributed by atoms with E-state index in [1.165, 1.54) is 82.4 Å². The van der Waals surface area contributed by atoms with Crippen molar-refractivity contribution in [3.05, 3.63) is 0 Å². The van der Waals surface area contributed by atoms with Gasteiger partial charge in [-0.05, 0) is 0 Å². The number of unbranched alkanes of at least 4 members (excludes halogenated alkanes) is 6. The zero-order chi connectivity index (χ0) is 14.6. The first-order valence-corrected chi connectivity index (χ1v) is 13.8. The molecule has 0 spiro atoms. The van der Waals surface area contributed by atoms with Crippen LogP contribution in [0.2, 0.25) is 0 Å². The first kappa shape index (κ1) is 19.9. The van der Waals surface area contributed by atoms with E-state index in [-0.39, 0.29) is 0 Å². The predicted octanol–water partition coefficient (Wildman–Crippen LogP) is 7.44. The molecule has 19 heavy (non-hydrogen) atoms. The van der Waals surface area contributed by atoms with Crippen LogP contribution in [0.15, 0.2) is 0 Å². The Morgan fingerprint density at radius 1 is 0.579 bits per heavy atom. The molecule has 0 bridgehead atoms. The van der Waals surface area contributed by atoms with Crippen molar-refractivity contribution < 1.29 is 0 Å². The van der Waals surface area contributed by atoms with Gasteiger partial charge in [0.1, 0.15) is 0 Å². The van der Waals surface area contributed by atoms with Crippen LogP contribution in [0.4, 0.5) is 0 Å². The van der Waals surface area contributed by atoms with Crippen LogP contribution >= 0.6 is 20.8 Å². The quantitative estimate of drug-likeness (QED) is 0.238. The van der Waals surface area contributed by atoms with Gasteiger partial charge in [-0.1, -0.05) is 0 Å². The van der Waals surface area contributed by atoms with Gasteiger partial charge in [-0.3, -0.25) is 0 Å². The molecule has 0 atom stereocenters. The van der Waals surface area contributed by atoms with E-state index >= 15 is 0 Å². The number of hydrogen-bond acceptors (Lipinski definition) is 0. The maximum absolute atomic E-state index is 4.41. The Balaban J connectivity index is 4.59. The van der Waals surface area contributed by atoms with Crippen LogP contribution in [0.3, 0.4) is 0 Å². The summed E-state index contributed by atoms with van der Waals surface area (Å²) in [6.07, 6.45) is 18.6. The average Bonchev–Trinajstić information content (AvgIpc) is 2.40. The molecule has 0 unspecified atom stereocenters. The summed E-state index contributed by atoms with van der Waals surface area (Å²) in [5.41, 5.74) is 0. The Bertz CT molecular complexity index is 186. The Morgan fingerprint density at radius 2 is 0.895 bits per heavy atom. The van der Waals surface area contributed by atoms with Gasteiger partial charge in [0.2, 0.25) is 0 Å². The van der Waals surface area contributed by atoms with E-state index in [0.29, 0.717) is 0 Å². The fourth-order valence-electron chi connectivity index (χ4n) is 3.08. The van der Waals surface area contributed by atoms with Gasteiger partial charge >= 0.3 is 131 Å². The van der Waals surface area contributed by atoms with Crippen molar-refractivity contribution in [2.75, 3.05) is 24.6 Å². The molecule has 0 saturated carbocycles. The molecule has 0 aromatic heterocycles. The number of hydrogen-bond donors (Lipinski definition) is 0. The summed E-state index contributed by atoms with van der Waals surface area (Å²) >= 11 is 4.41. The molecule has 0 aromatic carbocycles. The van der Waals surface area contributed by atoms with Crippen LogP contribution in [-0.4, -0.2) is 24.6 Å². The summed E-state index contributed by atoms with van der Waals surface area (Å²) in [6.45, 7) is 9.42. The Labute approximate surface area is 131 Å². The monoisotopic (exact) mass is 352 g/mol. The molecule has 0 fully saturated rings. The third-order valence-electron chi connectivity index (χ3n) is 4.75. The topological polar surface area (TPSA) is 0 Å². The van der Waals surface area contributed by atoms with Gasteiger partial charge in [-0.15, -0.1) is 0 Å². The Kier molecular flexibility index (Phi) is 11.1. The van der Waals surface area contributed by atoms with Gasteiger partial charge in [0, 0.05) is 0 Å². The molecule has 118 valence electrons. The van der Waals surface area contributed by atoms with Gasteiger partial charge in [-0.2, -0.15) is 0 Å². The van der Waals surface area contributed by atoms with Crippen LogP contribution < -0.4 is 0 Å². The van der Waals surface area contributed by atoms with Crippen LogP contribution in [0.1, 0.15) is 85.5 Å². The summed E-state index contributed by atoms with van der Waals surface area (Å²) in [5.74, 6) is 0. The molecular weight excluding hydrogens is 315 g/mol. The van der Waals surface area contributed by atoms with Gasteiger partial charge in [0.25, 0.3) is 0 Å². The van der Waals surface area contributed by atoms with E-state index in [1.54, 1.807) is 0 Å². The molecule has 0 N–H and O–H groups in total. The minimum absolute atomic E-state index is 1.35. The predicted molar refractivity (Wildman–Crippen MR) is 99.6 cm³/mol. The van der Waals surface area contributed by atoms with Gasteiger partial charge in [0.15, 0.2) is 0 Å². The molecule has 0 heterocycles. The summed E-state index contributed by atoms with van der Waals surface area (Å²) in [4.78, 5) is 0. The van der Waals surface area contributed by atoms with Crippen LogP contribution in [0, 0.1) is 0 Å². The standard InChI is InChI=1S/C17H38BrP/c1-5-9-12-15-19(18,8-4,16-13-10-6-2)17-14-11-7-3/h5-17H2,1-4H3. The van der Waals surface area contributed by atoms with Crippen LogP contribution in [-0.2, 0) is 0 Å². The first-order valence-electron chi connectivity index (χ1n) is 8.76. The van der Waals surface area contributed by atoms with Crippen LogP contribution in [0.5, 0.6) is 0 Å². The summed E-state index contributed by atoms with van der Waals surface area (Å²) in [6, 6.07) is 0. The van der Waals surface area contributed by atoms with Crippen molar-refractivity contribution >= 4 is 20.8 Å². The third kappa shape index (κ3) is 8.05. The minimum atomic E-state index is -1.55. The second-order valence-corrected chi connectivity index (χ2v) is 18.1. The van der Waals surface area contributed by atoms with E-state index in [4.69, 9.17) is 0 Å². The van der Waals surface area contributed by atoms with Gasteiger partial charge in [0.05, 0.1) is 0 Å². The van der Waals surface area contributed by atoms with Crippen molar-refractivity contribution in [2.45, 2.75) is 85.5 Å². The first-order chi connectivity index (χ1) is 9.04. The van der Waals surface area contributed by atoms with Crippen LogP contribution in [0.25, 0.3) is 0 Å². The van der Waals surface area contributed by atoms with Crippen molar-refractivity contribution in [1.29, 1.82) is 0 Å².